The van der Waals surface area contributed by atoms with Crippen LogP contribution in [0.2, 0.25) is 0 Å². The highest BCUT2D eigenvalue weighted by Gasteiger charge is 2.52. The molecule has 73 heavy (non-hydrogen) atoms. The number of pyridine rings is 1. The summed E-state index contributed by atoms with van der Waals surface area (Å²) in [6.45, 7) is 7.53. The van der Waals surface area contributed by atoms with Crippen LogP contribution in [0.3, 0.4) is 0 Å². The largest absolute Gasteiger partial charge is 0.489 e. The van der Waals surface area contributed by atoms with E-state index in [0.717, 1.165) is 51.1 Å². The smallest absolute Gasteiger partial charge is 0.297 e. The van der Waals surface area contributed by atoms with Gasteiger partial charge in [-0.05, 0) is 91.8 Å². The molecular formula is C53H61F2N9O8S. The number of aromatic amines is 1. The van der Waals surface area contributed by atoms with Gasteiger partial charge in [0.1, 0.15) is 28.9 Å². The van der Waals surface area contributed by atoms with Crippen molar-refractivity contribution in [3.05, 3.63) is 93.7 Å². The molecule has 4 atom stereocenters. The number of likely N-dealkylation sites (tertiary alicyclic amines) is 2. The standard InChI is InChI=1S/C53H61F2N9O8S/c1-31(2)36-6-3-4-7-37(36)39-8-5-17-62(39)34-25-52(26-34)12-20-61(21-13-52)40-10-9-38(49(56)65)47(63-42-22-32-11-16-57-50(32)59-51(42)72-45-30-70-29-43(45)63)48(40)73(68,69)35-23-41(64(66)67)46-44(24-35)71-28-33(58-46)27-60-18-14-53(54,55)15-19-60/h3-4,6-7,9-11,16,22-24,31,33-34,39,43,45,58H,5,8,12-15,17-21,25-30H2,1-2H3,(H2,56,65)(H,57,59)/t33-,39+,43-,45-/m1/s1. The zero-order valence-electron chi connectivity index (χ0n) is 41.0. The number of benzene rings is 3. The van der Waals surface area contributed by atoms with Gasteiger partial charge in [0.05, 0.1) is 52.1 Å². The van der Waals surface area contributed by atoms with E-state index >= 15 is 8.42 Å². The van der Waals surface area contributed by atoms with Crippen molar-refractivity contribution in [2.75, 3.05) is 74.2 Å². The molecule has 1 saturated carbocycles. The fourth-order valence-corrected chi connectivity index (χ4v) is 14.8. The van der Waals surface area contributed by atoms with Gasteiger partial charge < -0.3 is 44.9 Å². The number of carbonyl (C=O) groups is 1. The third kappa shape index (κ3) is 8.41. The van der Waals surface area contributed by atoms with Gasteiger partial charge in [0.2, 0.25) is 15.7 Å². The van der Waals surface area contributed by atoms with Gasteiger partial charge >= 0.3 is 0 Å². The number of fused-ring (bicyclic) bond motifs is 4. The third-order valence-electron chi connectivity index (χ3n) is 16.9. The summed E-state index contributed by atoms with van der Waals surface area (Å²) in [5.41, 5.74) is 9.84. The molecule has 4 saturated heterocycles. The summed E-state index contributed by atoms with van der Waals surface area (Å²) in [6.07, 6.45) is 6.57. The van der Waals surface area contributed by atoms with Crippen molar-refractivity contribution < 1.29 is 41.1 Å². The van der Waals surface area contributed by atoms with Crippen molar-refractivity contribution in [3.63, 3.8) is 0 Å². The second kappa shape index (κ2) is 18.1. The second-order valence-corrected chi connectivity index (χ2v) is 23.5. The number of piperidine rings is 2. The summed E-state index contributed by atoms with van der Waals surface area (Å²) >= 11 is 0. The molecule has 5 fully saturated rings. The zero-order valence-corrected chi connectivity index (χ0v) is 41.8. The van der Waals surface area contributed by atoms with Crippen LogP contribution in [-0.2, 0) is 14.6 Å². The zero-order chi connectivity index (χ0) is 50.6. The molecule has 20 heteroatoms. The number of nitrogens with one attached hydrogen (secondary N) is 2. The van der Waals surface area contributed by atoms with Crippen molar-refractivity contribution in [1.29, 1.82) is 0 Å². The van der Waals surface area contributed by atoms with Crippen LogP contribution in [0.5, 0.6) is 11.6 Å². The van der Waals surface area contributed by atoms with E-state index < -0.39 is 55.4 Å². The van der Waals surface area contributed by atoms with Crippen molar-refractivity contribution in [2.24, 2.45) is 11.1 Å². The summed E-state index contributed by atoms with van der Waals surface area (Å²) in [6, 6.07) is 17.8. The Morgan fingerprint density at radius 2 is 1.75 bits per heavy atom. The summed E-state index contributed by atoms with van der Waals surface area (Å²) < 4.78 is 78.8. The fraction of sp³-hybridized carbons (Fsp3) is 0.509. The molecule has 0 bridgehead atoms. The number of aromatic nitrogens is 2. The van der Waals surface area contributed by atoms with Crippen LogP contribution in [0.25, 0.3) is 11.0 Å². The average Bonchev–Trinajstić information content (AvgIpc) is 4.16. The van der Waals surface area contributed by atoms with E-state index in [1.807, 2.05) is 17.0 Å². The predicted molar refractivity (Wildman–Crippen MR) is 270 cm³/mol. The lowest BCUT2D eigenvalue weighted by atomic mass is 9.59. The molecule has 8 heterocycles. The van der Waals surface area contributed by atoms with Gasteiger partial charge in [-0.15, -0.1) is 0 Å². The maximum absolute atomic E-state index is 16.1. The van der Waals surface area contributed by atoms with Gasteiger partial charge in [-0.25, -0.2) is 17.2 Å². The first-order chi connectivity index (χ1) is 35.1. The molecule has 1 amide bonds. The maximum Gasteiger partial charge on any atom is 0.297 e. The van der Waals surface area contributed by atoms with E-state index in [4.69, 9.17) is 24.9 Å². The number of anilines is 4. The van der Waals surface area contributed by atoms with Gasteiger partial charge in [0.25, 0.3) is 17.5 Å². The second-order valence-electron chi connectivity index (χ2n) is 21.6. The number of amides is 1. The van der Waals surface area contributed by atoms with Crippen LogP contribution < -0.4 is 30.3 Å². The first-order valence-corrected chi connectivity index (χ1v) is 27.2. The molecule has 1 aliphatic carbocycles. The highest BCUT2D eigenvalue weighted by Crippen LogP contribution is 2.56. The molecule has 1 spiro atoms. The van der Waals surface area contributed by atoms with Crippen molar-refractivity contribution in [1.82, 2.24) is 19.8 Å². The molecule has 2 aromatic heterocycles. The molecule has 3 aromatic carbocycles. The molecule has 386 valence electrons. The van der Waals surface area contributed by atoms with Crippen molar-refractivity contribution in [3.8, 4) is 11.6 Å². The van der Waals surface area contributed by atoms with Crippen LogP contribution >= 0.6 is 0 Å². The minimum Gasteiger partial charge on any atom is -0.489 e. The fourth-order valence-electron chi connectivity index (χ4n) is 13.1. The Labute approximate surface area is 422 Å². The summed E-state index contributed by atoms with van der Waals surface area (Å²) in [4.78, 5) is 41.9. The number of hydrogen-bond donors (Lipinski definition) is 3. The van der Waals surface area contributed by atoms with Gasteiger partial charge in [0, 0.05) is 81.4 Å². The first-order valence-electron chi connectivity index (χ1n) is 25.7. The van der Waals surface area contributed by atoms with Crippen LogP contribution in [0.15, 0.2) is 76.7 Å². The number of alkyl halides is 2. The van der Waals surface area contributed by atoms with Crippen LogP contribution in [0.4, 0.5) is 37.2 Å². The predicted octanol–water partition coefficient (Wildman–Crippen LogP) is 8.31. The van der Waals surface area contributed by atoms with Crippen molar-refractivity contribution in [2.45, 2.75) is 117 Å². The molecule has 0 unspecified atom stereocenters. The van der Waals surface area contributed by atoms with Crippen LogP contribution in [0, 0.1) is 15.5 Å². The number of nitrogens with zero attached hydrogens (tertiary/aromatic N) is 6. The third-order valence-corrected chi connectivity index (χ3v) is 18.7. The van der Waals surface area contributed by atoms with Crippen LogP contribution in [-0.4, -0.2) is 128 Å². The normalized spacial score (nSPS) is 24.9. The number of H-pyrrole nitrogens is 1. The molecular weight excluding hydrogens is 961 g/mol. The van der Waals surface area contributed by atoms with E-state index in [9.17, 15) is 23.7 Å². The number of nitro benzene ring substituents is 1. The summed E-state index contributed by atoms with van der Waals surface area (Å²) in [7, 11) is -4.83. The Kier molecular flexibility index (Phi) is 11.9. The number of primary amides is 1. The van der Waals surface area contributed by atoms with Gasteiger partial charge in [-0.2, -0.15) is 4.98 Å². The molecule has 4 N–H and O–H groups in total. The van der Waals surface area contributed by atoms with E-state index in [1.165, 1.54) is 17.2 Å². The van der Waals surface area contributed by atoms with E-state index in [-0.39, 0.29) is 84.6 Å². The Morgan fingerprint density at radius 1 is 0.973 bits per heavy atom. The lowest BCUT2D eigenvalue weighted by molar-refractivity contribution is -0.384. The first kappa shape index (κ1) is 47.9. The number of carbonyl (C=O) groups excluding carboxylic acids is 1. The quantitative estimate of drug-likeness (QED) is 0.0842. The summed E-state index contributed by atoms with van der Waals surface area (Å²) in [5, 5.41) is 16.9. The molecule has 12 rings (SSSR count). The number of hydrogen-bond acceptors (Lipinski definition) is 14. The van der Waals surface area contributed by atoms with Gasteiger partial charge in [-0.3, -0.25) is 19.8 Å². The lowest BCUT2D eigenvalue weighted by Gasteiger charge is -2.56. The monoisotopic (exact) mass is 1020 g/mol. The van der Waals surface area contributed by atoms with Crippen LogP contribution in [0.1, 0.15) is 98.7 Å². The molecule has 5 aromatic rings. The maximum atomic E-state index is 16.1. The van der Waals surface area contributed by atoms with E-state index in [2.05, 4.69) is 58.2 Å². The molecule has 0 radical (unpaired) electrons. The van der Waals surface area contributed by atoms with E-state index in [1.54, 1.807) is 23.2 Å². The highest BCUT2D eigenvalue weighted by molar-refractivity contribution is 7.91. The topological polar surface area (TPSA) is 202 Å². The highest BCUT2D eigenvalue weighted by atomic mass is 32.2. The summed E-state index contributed by atoms with van der Waals surface area (Å²) in [5.74, 6) is -3.03. The minimum atomic E-state index is -4.83. The average molecular weight is 1020 g/mol. The molecule has 17 nitrogen and oxygen atoms in total. The Balaban J connectivity index is 0.923. The SMILES string of the molecule is CC(C)c1ccccc1[C@@H]1CCCN1C1CC2(CCN(c3ccc(C(N)=O)c(N4c5cc6cc[nH]c6nc5O[C@@H]5COC[C@H]54)c3S(=O)(=O)c3cc4c(c([N+](=O)[O-])c3)N[C@H](CN3CCC(F)(F)CC3)CO4)CC2)C1. The Morgan fingerprint density at radius 3 is 2.51 bits per heavy atom. The molecule has 6 aliphatic heterocycles. The lowest BCUT2D eigenvalue weighted by Crippen LogP contribution is -2.55. The van der Waals surface area contributed by atoms with E-state index in [0.29, 0.717) is 60.0 Å². The number of nitro groups is 1. The Bertz CT molecular complexity index is 3110. The van der Waals surface area contributed by atoms with Gasteiger partial charge in [-0.1, -0.05) is 38.1 Å². The van der Waals surface area contributed by atoms with Crippen molar-refractivity contribution >= 4 is 55.2 Å². The number of halogens is 2. The Hall–Kier alpha value is -6.09. The minimum absolute atomic E-state index is 0.00248. The number of sulfone groups is 1. The molecule has 7 aliphatic rings. The number of rotatable bonds is 11. The number of ether oxygens (including phenoxy) is 3. The number of nitrogens with two attached hydrogens (primary N) is 1. The van der Waals surface area contributed by atoms with Gasteiger partial charge in [0.15, 0.2) is 11.4 Å².